The van der Waals surface area contributed by atoms with E-state index in [0.717, 1.165) is 44.9 Å². The fourth-order valence-corrected chi connectivity index (χ4v) is 8.79. The Hall–Kier alpha value is -7.84. The molecule has 0 aliphatic heterocycles. The van der Waals surface area contributed by atoms with Crippen molar-refractivity contribution >= 4 is 87.9 Å². The average molecular weight is 1670 g/mol. The largest absolute Gasteiger partial charge is 0.664 e. The normalized spacial score (nSPS) is 10.1. The van der Waals surface area contributed by atoms with Gasteiger partial charge in [-0.25, -0.2) is 0 Å². The van der Waals surface area contributed by atoms with Crippen LogP contribution in [0.5, 0.6) is 0 Å². The van der Waals surface area contributed by atoms with Gasteiger partial charge in [0.15, 0.2) is 0 Å². The zero-order chi connectivity index (χ0) is 70.4. The van der Waals surface area contributed by atoms with E-state index < -0.39 is 35.4 Å². The molecule has 9 N–H and O–H groups in total. The maximum atomic E-state index is 12.9. The molecule has 9 amide bonds. The Kier molecular flexibility index (Phi) is 50.1. The summed E-state index contributed by atoms with van der Waals surface area (Å²) >= 11 is 0. The summed E-state index contributed by atoms with van der Waals surface area (Å²) in [6.07, 6.45) is 13.3. The summed E-state index contributed by atoms with van der Waals surface area (Å²) < 4.78 is 0. The molecule has 26 heteroatoms. The predicted octanol–water partition coefficient (Wildman–Crippen LogP) is 8.67. The van der Waals surface area contributed by atoms with Crippen LogP contribution in [0.25, 0.3) is 5.73 Å². The first kappa shape index (κ1) is 90.2. The molecule has 0 spiro atoms. The van der Waals surface area contributed by atoms with Gasteiger partial charge in [-0.15, -0.1) is 0 Å². The van der Waals surface area contributed by atoms with E-state index in [4.69, 9.17) is 5.73 Å². The molecule has 0 bridgehead atoms. The van der Waals surface area contributed by atoms with Crippen molar-refractivity contribution in [1.29, 1.82) is 0 Å². The molecule has 0 fully saturated rings. The quantitative estimate of drug-likeness (QED) is 0.0194. The van der Waals surface area contributed by atoms with Gasteiger partial charge in [0.05, 0.1) is 5.91 Å². The third-order valence-electron chi connectivity index (χ3n) is 14.6. The van der Waals surface area contributed by atoms with Gasteiger partial charge in [0.25, 0.3) is 47.3 Å². The SMILES string of the molecule is CCC(=O)CCCNC(=O)c1cc(C(=O)NCCCC(=O)CC)cc(C(=O)NCCCC(=O)CC)c1.CNC(=O)c1cc(C([NH-])=O)cc(C(=O)NC)c1.[CH2-]C(=O)CCCCCNC(=O)c1cc(C(=O)NCCCCCC(=O)CC)cc(C(=O)NCCCCCC(=O)CC)c1.[W].[W]. The zero-order valence-electron chi connectivity index (χ0n) is 56.8. The Morgan fingerprint density at radius 2 is 0.469 bits per heavy atom. The van der Waals surface area contributed by atoms with Gasteiger partial charge in [0.2, 0.25) is 0 Å². The second-order valence-electron chi connectivity index (χ2n) is 22.2. The van der Waals surface area contributed by atoms with E-state index >= 15 is 0 Å². The van der Waals surface area contributed by atoms with Gasteiger partial charge in [0, 0.05) is 210 Å². The molecule has 0 aromatic heterocycles. The second kappa shape index (κ2) is 53.3. The predicted molar refractivity (Wildman–Crippen MR) is 359 cm³/mol. The van der Waals surface area contributed by atoms with Crippen LogP contribution >= 0.6 is 0 Å². The van der Waals surface area contributed by atoms with Crippen LogP contribution in [0.2, 0.25) is 0 Å². The van der Waals surface area contributed by atoms with Crippen LogP contribution in [0, 0.1) is 6.92 Å². The van der Waals surface area contributed by atoms with Crippen molar-refractivity contribution in [3.8, 4) is 0 Å². The standard InChI is InChI=1S/C32H48N3O6.C27H39N3O6.C11H13N3O3.2W/c1-4-28(37)16-10-7-13-19-34-31(40)26-21-25(30(39)33-18-12-6-9-15-24(3)36)22-27(23-26)32(41)35-20-14-8-11-17-29(38)5-2;1-4-22(31)10-7-13-28-25(34)19-16-20(26(35)29-14-8-11-23(32)5-2)18-21(17-19)27(36)30-15-9-12-24(33)6-3;1-13-10(16)7-3-6(9(12)15)4-8(5-7)11(17)14-2;;/h21-23H,3-20H2,1-2H3,(H,33,39)(H,34,40)(H,35,41);16-18H,4-15H2,1-3H3,(H,28,34)(H,29,35)(H,30,36);3-5H,1-2H3,(H4,12,13,14,15,16,17);;/q-1;;;;/p-1. The van der Waals surface area contributed by atoms with E-state index in [1.807, 2.05) is 13.8 Å². The zero-order valence-corrected chi connectivity index (χ0v) is 62.7. The van der Waals surface area contributed by atoms with Crippen LogP contribution < -0.4 is 42.5 Å². The molecule has 0 radical (unpaired) electrons. The van der Waals surface area contributed by atoms with Crippen LogP contribution in [-0.2, 0) is 70.9 Å². The number of hydrogen-bond acceptors (Lipinski definition) is 15. The number of carbonyl (C=O) groups excluding carboxylic acids is 15. The molecule has 96 heavy (non-hydrogen) atoms. The molecule has 0 saturated heterocycles. The smallest absolute Gasteiger partial charge is 0.251 e. The summed E-state index contributed by atoms with van der Waals surface area (Å²) in [5.74, 6) is -3.58. The maximum Gasteiger partial charge on any atom is 0.251 e. The van der Waals surface area contributed by atoms with Gasteiger partial charge in [-0.2, -0.15) is 0 Å². The minimum absolute atomic E-state index is 0. The Balaban J connectivity index is 0. The fourth-order valence-electron chi connectivity index (χ4n) is 8.79. The molecule has 0 aliphatic rings. The summed E-state index contributed by atoms with van der Waals surface area (Å²) in [6.45, 7) is 14.5. The number of benzene rings is 3. The van der Waals surface area contributed by atoms with E-state index in [1.54, 1.807) is 20.8 Å². The molecule has 24 nitrogen and oxygen atoms in total. The minimum Gasteiger partial charge on any atom is -0.664 e. The molecule has 0 unspecified atom stereocenters. The molecule has 528 valence electrons. The van der Waals surface area contributed by atoms with Crippen molar-refractivity contribution in [2.24, 2.45) is 0 Å². The van der Waals surface area contributed by atoms with Crippen LogP contribution in [0.3, 0.4) is 0 Å². The topological polar surface area (TPSA) is 376 Å². The number of unbranched alkanes of at least 4 members (excludes halogenated alkanes) is 6. The Morgan fingerprint density at radius 1 is 0.281 bits per heavy atom. The third-order valence-corrected chi connectivity index (χ3v) is 14.6. The summed E-state index contributed by atoms with van der Waals surface area (Å²) in [6, 6.07) is 12.6. The molecule has 0 aliphatic carbocycles. The second-order valence-corrected chi connectivity index (χ2v) is 22.2. The van der Waals surface area contributed by atoms with E-state index in [9.17, 15) is 71.9 Å². The van der Waals surface area contributed by atoms with Crippen LogP contribution in [0.1, 0.15) is 276 Å². The van der Waals surface area contributed by atoms with Crippen LogP contribution in [-0.4, -0.2) is 141 Å². The van der Waals surface area contributed by atoms with Crippen molar-refractivity contribution in [3.05, 3.63) is 117 Å². The molecule has 3 aromatic carbocycles. The Morgan fingerprint density at radius 3 is 0.667 bits per heavy atom. The molecule has 0 heterocycles. The first-order valence-electron chi connectivity index (χ1n) is 32.7. The van der Waals surface area contributed by atoms with E-state index in [0.29, 0.717) is 142 Å². The minimum atomic E-state index is -0.944. The third kappa shape index (κ3) is 39.3. The summed E-state index contributed by atoms with van der Waals surface area (Å²) in [7, 11) is 2.88. The number of nitrogens with one attached hydrogen (secondary N) is 9. The van der Waals surface area contributed by atoms with Crippen molar-refractivity contribution in [3.63, 3.8) is 0 Å². The molecule has 0 atom stereocenters. The van der Waals surface area contributed by atoms with E-state index in [-0.39, 0.29) is 145 Å². The summed E-state index contributed by atoms with van der Waals surface area (Å²) in [5, 5.41) is 21.5. The number of amides is 9. The maximum absolute atomic E-state index is 12.9. The van der Waals surface area contributed by atoms with Gasteiger partial charge in [-0.05, 0) is 125 Å². The molecular formula is C70H99N9O15W2-2. The summed E-state index contributed by atoms with van der Waals surface area (Å²) in [4.78, 5) is 179. The van der Waals surface area contributed by atoms with E-state index in [2.05, 4.69) is 49.5 Å². The van der Waals surface area contributed by atoms with Crippen molar-refractivity contribution < 1.29 is 114 Å². The number of ketones is 6. The fraction of sp³-hybridized carbons (Fsp3) is 0.514. The van der Waals surface area contributed by atoms with Gasteiger partial charge < -0.3 is 64.8 Å². The van der Waals surface area contributed by atoms with Gasteiger partial charge >= 0.3 is 0 Å². The number of rotatable bonds is 44. The number of carbonyl (C=O) groups is 15. The van der Waals surface area contributed by atoms with Crippen molar-refractivity contribution in [1.82, 2.24) is 42.5 Å². The first-order chi connectivity index (χ1) is 44.9. The van der Waals surface area contributed by atoms with Crippen molar-refractivity contribution in [2.75, 3.05) is 53.4 Å². The monoisotopic (exact) mass is 1670 g/mol. The first-order valence-corrected chi connectivity index (χ1v) is 32.7. The van der Waals surface area contributed by atoms with Crippen LogP contribution in [0.15, 0.2) is 54.6 Å². The molecule has 3 rings (SSSR count). The van der Waals surface area contributed by atoms with Gasteiger partial charge in [-0.1, -0.05) is 53.9 Å². The van der Waals surface area contributed by atoms with Crippen LogP contribution in [0.4, 0.5) is 0 Å². The molecule has 3 aromatic rings. The average Bonchev–Trinajstić information content (AvgIpc) is 0.912. The number of hydrogen-bond donors (Lipinski definition) is 8. The molecule has 0 saturated carbocycles. The van der Waals surface area contributed by atoms with E-state index in [1.165, 1.54) is 68.7 Å². The Labute approximate surface area is 593 Å². The summed E-state index contributed by atoms with van der Waals surface area (Å²) in [5.41, 5.74) is 8.45. The van der Waals surface area contributed by atoms with Gasteiger partial charge in [0.1, 0.15) is 28.9 Å². The van der Waals surface area contributed by atoms with Gasteiger partial charge in [-0.3, -0.25) is 62.3 Å². The van der Waals surface area contributed by atoms with Crippen molar-refractivity contribution in [2.45, 2.75) is 182 Å². The molecular weight excluding hydrogens is 1570 g/mol. The number of Topliss-reactive ketones (excluding diaryl/α,β-unsaturated/α-hetero) is 6. The Bertz CT molecular complexity index is 2860.